The number of nitrogens with one attached hydrogen (secondary N) is 1. The summed E-state index contributed by atoms with van der Waals surface area (Å²) in [5, 5.41) is 2.91. The van der Waals surface area contributed by atoms with Gasteiger partial charge in [0.2, 0.25) is 15.8 Å². The molecular formula is C25H34FN3O6S. The van der Waals surface area contributed by atoms with Crippen LogP contribution in [-0.4, -0.2) is 82.6 Å². The van der Waals surface area contributed by atoms with Gasteiger partial charge in [0, 0.05) is 44.8 Å². The highest BCUT2D eigenvalue weighted by atomic mass is 32.2. The number of sulfonamides is 1. The van der Waals surface area contributed by atoms with Gasteiger partial charge in [-0.3, -0.25) is 9.69 Å². The molecule has 1 heterocycles. The lowest BCUT2D eigenvalue weighted by molar-refractivity contribution is 0.0944. The van der Waals surface area contributed by atoms with Crippen LogP contribution in [0.3, 0.4) is 0 Å². The molecule has 1 saturated heterocycles. The summed E-state index contributed by atoms with van der Waals surface area (Å²) < 4.78 is 57.1. The normalized spacial score (nSPS) is 14.9. The van der Waals surface area contributed by atoms with Gasteiger partial charge >= 0.3 is 0 Å². The molecule has 0 radical (unpaired) electrons. The fraction of sp³-hybridized carbons (Fsp3) is 0.480. The quantitative estimate of drug-likeness (QED) is 0.457. The Balaban J connectivity index is 1.55. The van der Waals surface area contributed by atoms with E-state index in [1.54, 1.807) is 12.1 Å². The fourth-order valence-corrected chi connectivity index (χ4v) is 5.32. The number of amides is 1. The summed E-state index contributed by atoms with van der Waals surface area (Å²) in [6.45, 7) is 9.51. The van der Waals surface area contributed by atoms with Crippen LogP contribution in [0.25, 0.3) is 0 Å². The van der Waals surface area contributed by atoms with Gasteiger partial charge in [0.1, 0.15) is 5.82 Å². The molecule has 0 unspecified atom stereocenters. The highest BCUT2D eigenvalue weighted by molar-refractivity contribution is 7.89. The Labute approximate surface area is 212 Å². The zero-order chi connectivity index (χ0) is 26.1. The van der Waals surface area contributed by atoms with Crippen molar-refractivity contribution < 1.29 is 31.8 Å². The van der Waals surface area contributed by atoms with Gasteiger partial charge in [0.25, 0.3) is 5.91 Å². The zero-order valence-corrected chi connectivity index (χ0v) is 21.8. The van der Waals surface area contributed by atoms with Crippen molar-refractivity contribution in [3.63, 3.8) is 0 Å². The third-order valence-electron chi connectivity index (χ3n) is 5.67. The van der Waals surface area contributed by atoms with Crippen LogP contribution in [0.1, 0.15) is 31.1 Å². The SMILES string of the molecule is CCOc1cc(C(=O)NCCN2CCN(S(=O)(=O)c3ccc(F)cc3)CC2)cc(OCC)c1OCC. The number of halogens is 1. The van der Waals surface area contributed by atoms with Crippen molar-refractivity contribution in [2.75, 3.05) is 59.1 Å². The van der Waals surface area contributed by atoms with Crippen LogP contribution < -0.4 is 19.5 Å². The molecule has 1 amide bonds. The second-order valence-electron chi connectivity index (χ2n) is 8.06. The number of hydrogen-bond donors (Lipinski definition) is 1. The molecule has 1 aliphatic heterocycles. The highest BCUT2D eigenvalue weighted by Gasteiger charge is 2.28. The van der Waals surface area contributed by atoms with E-state index < -0.39 is 15.8 Å². The fourth-order valence-electron chi connectivity index (χ4n) is 3.90. The van der Waals surface area contributed by atoms with E-state index in [0.29, 0.717) is 81.9 Å². The van der Waals surface area contributed by atoms with Crippen molar-refractivity contribution in [2.24, 2.45) is 0 Å². The highest BCUT2D eigenvalue weighted by Crippen LogP contribution is 2.39. The summed E-state index contributed by atoms with van der Waals surface area (Å²) in [5.74, 6) is 0.640. The van der Waals surface area contributed by atoms with Crippen molar-refractivity contribution in [2.45, 2.75) is 25.7 Å². The summed E-state index contributed by atoms with van der Waals surface area (Å²) in [5.41, 5.74) is 0.403. The van der Waals surface area contributed by atoms with Crippen molar-refractivity contribution in [3.8, 4) is 17.2 Å². The molecule has 0 bridgehead atoms. The standard InChI is InChI=1S/C25H34FN3O6S/c1-4-33-22-17-19(18-23(34-5-2)24(22)35-6-3)25(30)27-11-12-28-13-15-29(16-14-28)36(31,32)21-9-7-20(26)8-10-21/h7-10,17-18H,4-6,11-16H2,1-3H3,(H,27,30). The smallest absolute Gasteiger partial charge is 0.251 e. The van der Waals surface area contributed by atoms with Gasteiger partial charge in [-0.1, -0.05) is 0 Å². The minimum absolute atomic E-state index is 0.0813. The number of hydrogen-bond acceptors (Lipinski definition) is 7. The monoisotopic (exact) mass is 523 g/mol. The maximum absolute atomic E-state index is 13.1. The topological polar surface area (TPSA) is 97.4 Å². The molecule has 11 heteroatoms. The number of piperazine rings is 1. The van der Waals surface area contributed by atoms with Crippen molar-refractivity contribution in [1.29, 1.82) is 0 Å². The van der Waals surface area contributed by atoms with Gasteiger partial charge < -0.3 is 19.5 Å². The van der Waals surface area contributed by atoms with E-state index in [9.17, 15) is 17.6 Å². The molecule has 0 atom stereocenters. The Bertz CT molecular complexity index is 1090. The molecule has 2 aromatic rings. The predicted octanol–water partition coefficient (Wildman–Crippen LogP) is 2.76. The third-order valence-corrected chi connectivity index (χ3v) is 7.58. The van der Waals surface area contributed by atoms with Crippen LogP contribution in [0.15, 0.2) is 41.3 Å². The summed E-state index contributed by atoms with van der Waals surface area (Å²) in [6, 6.07) is 8.13. The van der Waals surface area contributed by atoms with E-state index in [2.05, 4.69) is 10.2 Å². The lowest BCUT2D eigenvalue weighted by Gasteiger charge is -2.34. The molecule has 36 heavy (non-hydrogen) atoms. The minimum atomic E-state index is -3.66. The Kier molecular flexibility index (Phi) is 9.91. The summed E-state index contributed by atoms with van der Waals surface area (Å²) >= 11 is 0. The maximum atomic E-state index is 13.1. The van der Waals surface area contributed by atoms with Gasteiger partial charge in [0.05, 0.1) is 24.7 Å². The Morgan fingerprint density at radius 1 is 0.917 bits per heavy atom. The molecule has 0 aromatic heterocycles. The van der Waals surface area contributed by atoms with Gasteiger partial charge in [-0.2, -0.15) is 4.31 Å². The van der Waals surface area contributed by atoms with Crippen LogP contribution in [-0.2, 0) is 10.0 Å². The molecule has 0 saturated carbocycles. The van der Waals surface area contributed by atoms with Gasteiger partial charge in [-0.15, -0.1) is 0 Å². The number of nitrogens with zero attached hydrogens (tertiary/aromatic N) is 2. The van der Waals surface area contributed by atoms with E-state index in [1.807, 2.05) is 20.8 Å². The first-order valence-electron chi connectivity index (χ1n) is 12.1. The Morgan fingerprint density at radius 2 is 1.47 bits per heavy atom. The third kappa shape index (κ3) is 6.86. The van der Waals surface area contributed by atoms with Crippen molar-refractivity contribution >= 4 is 15.9 Å². The summed E-state index contributed by atoms with van der Waals surface area (Å²) in [7, 11) is -3.66. The van der Waals surface area contributed by atoms with E-state index in [4.69, 9.17) is 14.2 Å². The van der Waals surface area contributed by atoms with Crippen LogP contribution >= 0.6 is 0 Å². The first-order valence-corrected chi connectivity index (χ1v) is 13.6. The second-order valence-corrected chi connectivity index (χ2v) is 9.99. The van der Waals surface area contributed by atoms with Crippen LogP contribution in [0.5, 0.6) is 17.2 Å². The second kappa shape index (κ2) is 12.9. The van der Waals surface area contributed by atoms with Crippen LogP contribution in [0.2, 0.25) is 0 Å². The number of carbonyl (C=O) groups is 1. The first-order chi connectivity index (χ1) is 17.3. The maximum Gasteiger partial charge on any atom is 0.251 e. The van der Waals surface area contributed by atoms with E-state index in [-0.39, 0.29) is 10.8 Å². The molecule has 1 aliphatic rings. The minimum Gasteiger partial charge on any atom is -0.490 e. The predicted molar refractivity (Wildman–Crippen MR) is 134 cm³/mol. The molecule has 1 fully saturated rings. The number of ether oxygens (including phenoxy) is 3. The summed E-state index contributed by atoms with van der Waals surface area (Å²) in [4.78, 5) is 15.0. The number of rotatable bonds is 12. The zero-order valence-electron chi connectivity index (χ0n) is 21.0. The van der Waals surface area contributed by atoms with Crippen LogP contribution in [0.4, 0.5) is 4.39 Å². The van der Waals surface area contributed by atoms with Gasteiger partial charge in [-0.25, -0.2) is 12.8 Å². The summed E-state index contributed by atoms with van der Waals surface area (Å²) in [6.07, 6.45) is 0. The Hall–Kier alpha value is -2.89. The first kappa shape index (κ1) is 27.7. The molecule has 198 valence electrons. The molecule has 2 aromatic carbocycles. The van der Waals surface area contributed by atoms with Gasteiger partial charge in [-0.05, 0) is 57.2 Å². The van der Waals surface area contributed by atoms with E-state index in [1.165, 1.54) is 16.4 Å². The molecule has 1 N–H and O–H groups in total. The van der Waals surface area contributed by atoms with E-state index >= 15 is 0 Å². The van der Waals surface area contributed by atoms with E-state index in [0.717, 1.165) is 12.1 Å². The number of carbonyl (C=O) groups excluding carboxylic acids is 1. The molecule has 3 rings (SSSR count). The Morgan fingerprint density at radius 3 is 2.00 bits per heavy atom. The van der Waals surface area contributed by atoms with Crippen LogP contribution in [0, 0.1) is 5.82 Å². The molecule has 0 aliphatic carbocycles. The van der Waals surface area contributed by atoms with Crippen molar-refractivity contribution in [1.82, 2.24) is 14.5 Å². The molecule has 9 nitrogen and oxygen atoms in total. The average molecular weight is 524 g/mol. The lowest BCUT2D eigenvalue weighted by Crippen LogP contribution is -2.50. The molecule has 0 spiro atoms. The average Bonchev–Trinajstić information content (AvgIpc) is 2.86. The van der Waals surface area contributed by atoms with Crippen molar-refractivity contribution in [3.05, 3.63) is 47.8 Å². The number of benzene rings is 2. The largest absolute Gasteiger partial charge is 0.490 e. The van der Waals surface area contributed by atoms with Gasteiger partial charge in [0.15, 0.2) is 11.5 Å². The molecular weight excluding hydrogens is 489 g/mol. The lowest BCUT2D eigenvalue weighted by atomic mass is 10.1.